The average Bonchev–Trinajstić information content (AvgIpc) is 2.35. The normalized spacial score (nSPS) is 12.2. The fourth-order valence-electron chi connectivity index (χ4n) is 1.33. The van der Waals surface area contributed by atoms with Crippen LogP contribution in [0.25, 0.3) is 0 Å². The predicted octanol–water partition coefficient (Wildman–Crippen LogP) is 0.944. The molecular formula is C12H17NO3. The highest BCUT2D eigenvalue weighted by atomic mass is 16.5. The maximum atomic E-state index is 11.4. The second-order valence-electron chi connectivity index (χ2n) is 3.61. The Morgan fingerprint density at radius 2 is 2.19 bits per heavy atom. The van der Waals surface area contributed by atoms with Crippen LogP contribution in [0.1, 0.15) is 22.8 Å². The maximum absolute atomic E-state index is 11.4. The van der Waals surface area contributed by atoms with E-state index in [4.69, 9.17) is 9.84 Å². The molecule has 0 amide bonds. The van der Waals surface area contributed by atoms with Crippen LogP contribution in [0.2, 0.25) is 0 Å². The summed E-state index contributed by atoms with van der Waals surface area (Å²) in [6, 6.07) is 7.26. The van der Waals surface area contributed by atoms with E-state index in [0.29, 0.717) is 12.1 Å². The highest BCUT2D eigenvalue weighted by molar-refractivity contribution is 5.90. The monoisotopic (exact) mass is 223 g/mol. The van der Waals surface area contributed by atoms with Crippen LogP contribution in [-0.4, -0.2) is 30.8 Å². The zero-order valence-corrected chi connectivity index (χ0v) is 9.56. The molecule has 0 aliphatic carbocycles. The molecule has 0 bridgehead atoms. The van der Waals surface area contributed by atoms with Crippen LogP contribution in [-0.2, 0) is 11.3 Å². The summed E-state index contributed by atoms with van der Waals surface area (Å²) in [5.74, 6) is -0.339. The molecule has 0 radical (unpaired) electrons. The third-order valence-electron chi connectivity index (χ3n) is 2.34. The van der Waals surface area contributed by atoms with E-state index in [0.717, 1.165) is 5.56 Å². The Labute approximate surface area is 95.2 Å². The van der Waals surface area contributed by atoms with Gasteiger partial charge in [0.05, 0.1) is 19.3 Å². The first-order valence-electron chi connectivity index (χ1n) is 5.19. The van der Waals surface area contributed by atoms with Crippen LogP contribution >= 0.6 is 0 Å². The first kappa shape index (κ1) is 12.7. The topological polar surface area (TPSA) is 58.6 Å². The number of aliphatic hydroxyl groups is 1. The second-order valence-corrected chi connectivity index (χ2v) is 3.61. The summed E-state index contributed by atoms with van der Waals surface area (Å²) in [7, 11) is 1.36. The van der Waals surface area contributed by atoms with Gasteiger partial charge < -0.3 is 15.2 Å². The number of ether oxygens (including phenoxy) is 1. The third-order valence-corrected chi connectivity index (χ3v) is 2.34. The summed E-state index contributed by atoms with van der Waals surface area (Å²) in [6.07, 6.45) is 0. The molecule has 88 valence electrons. The van der Waals surface area contributed by atoms with E-state index >= 15 is 0 Å². The Balaban J connectivity index is 2.75. The standard InChI is InChI=1S/C12H17NO3/c1-9(8-14)13-7-10-5-3-4-6-11(10)12(15)16-2/h3-6,9,13-14H,7-8H2,1-2H3/t9-/m0/s1. The Hall–Kier alpha value is -1.39. The predicted molar refractivity (Wildman–Crippen MR) is 61.2 cm³/mol. The smallest absolute Gasteiger partial charge is 0.338 e. The number of methoxy groups -OCH3 is 1. The third kappa shape index (κ3) is 3.32. The van der Waals surface area contributed by atoms with Gasteiger partial charge in [0, 0.05) is 12.6 Å². The van der Waals surface area contributed by atoms with Gasteiger partial charge in [0.2, 0.25) is 0 Å². The Morgan fingerprint density at radius 1 is 1.50 bits per heavy atom. The Morgan fingerprint density at radius 3 is 2.81 bits per heavy atom. The number of benzene rings is 1. The summed E-state index contributed by atoms with van der Waals surface area (Å²) >= 11 is 0. The van der Waals surface area contributed by atoms with E-state index in [1.165, 1.54) is 7.11 Å². The van der Waals surface area contributed by atoms with Crippen molar-refractivity contribution in [3.05, 3.63) is 35.4 Å². The number of nitrogens with one attached hydrogen (secondary N) is 1. The molecule has 0 saturated heterocycles. The molecule has 0 fully saturated rings. The Bertz CT molecular complexity index is 352. The van der Waals surface area contributed by atoms with Crippen LogP contribution < -0.4 is 5.32 Å². The summed E-state index contributed by atoms with van der Waals surface area (Å²) in [5, 5.41) is 12.0. The van der Waals surface area contributed by atoms with Gasteiger partial charge in [-0.2, -0.15) is 0 Å². The lowest BCUT2D eigenvalue weighted by molar-refractivity contribution is 0.0599. The molecule has 0 aromatic heterocycles. The molecular weight excluding hydrogens is 206 g/mol. The van der Waals surface area contributed by atoms with E-state index in [2.05, 4.69) is 5.32 Å². The van der Waals surface area contributed by atoms with Crippen molar-refractivity contribution in [1.29, 1.82) is 0 Å². The fraction of sp³-hybridized carbons (Fsp3) is 0.417. The fourth-order valence-corrected chi connectivity index (χ4v) is 1.33. The quantitative estimate of drug-likeness (QED) is 0.729. The molecule has 2 N–H and O–H groups in total. The van der Waals surface area contributed by atoms with Crippen molar-refractivity contribution >= 4 is 5.97 Å². The number of carbonyl (C=O) groups excluding carboxylic acids is 1. The van der Waals surface area contributed by atoms with E-state index in [-0.39, 0.29) is 18.6 Å². The van der Waals surface area contributed by atoms with Gasteiger partial charge in [0.25, 0.3) is 0 Å². The number of hydrogen-bond donors (Lipinski definition) is 2. The first-order chi connectivity index (χ1) is 7.69. The molecule has 0 unspecified atom stereocenters. The van der Waals surface area contributed by atoms with E-state index in [1.54, 1.807) is 12.1 Å². The molecule has 1 aromatic rings. The Kier molecular flexibility index (Phi) is 4.95. The lowest BCUT2D eigenvalue weighted by Crippen LogP contribution is -2.29. The van der Waals surface area contributed by atoms with Crippen molar-refractivity contribution in [3.8, 4) is 0 Å². The van der Waals surface area contributed by atoms with E-state index in [9.17, 15) is 4.79 Å². The van der Waals surface area contributed by atoms with Crippen molar-refractivity contribution in [3.63, 3.8) is 0 Å². The highest BCUT2D eigenvalue weighted by Crippen LogP contribution is 2.09. The van der Waals surface area contributed by atoms with Crippen molar-refractivity contribution in [2.45, 2.75) is 19.5 Å². The van der Waals surface area contributed by atoms with Gasteiger partial charge in [-0.15, -0.1) is 0 Å². The van der Waals surface area contributed by atoms with Crippen molar-refractivity contribution < 1.29 is 14.6 Å². The van der Waals surface area contributed by atoms with Crippen LogP contribution in [0.4, 0.5) is 0 Å². The molecule has 0 spiro atoms. The van der Waals surface area contributed by atoms with Gasteiger partial charge in [-0.05, 0) is 18.6 Å². The van der Waals surface area contributed by atoms with Gasteiger partial charge in [-0.25, -0.2) is 4.79 Å². The molecule has 1 aromatic carbocycles. The molecule has 1 rings (SSSR count). The molecule has 0 aliphatic rings. The molecule has 0 aliphatic heterocycles. The zero-order chi connectivity index (χ0) is 12.0. The number of aliphatic hydroxyl groups excluding tert-OH is 1. The van der Waals surface area contributed by atoms with Crippen LogP contribution in [0, 0.1) is 0 Å². The van der Waals surface area contributed by atoms with Crippen LogP contribution in [0.3, 0.4) is 0 Å². The molecule has 4 heteroatoms. The summed E-state index contributed by atoms with van der Waals surface area (Å²) in [4.78, 5) is 11.4. The SMILES string of the molecule is COC(=O)c1ccccc1CN[C@@H](C)CO. The summed E-state index contributed by atoms with van der Waals surface area (Å²) in [6.45, 7) is 2.48. The molecule has 1 atom stereocenters. The van der Waals surface area contributed by atoms with Gasteiger partial charge >= 0.3 is 5.97 Å². The average molecular weight is 223 g/mol. The molecule has 16 heavy (non-hydrogen) atoms. The van der Waals surface area contributed by atoms with Crippen LogP contribution in [0.5, 0.6) is 0 Å². The first-order valence-corrected chi connectivity index (χ1v) is 5.19. The molecule has 0 saturated carbocycles. The number of hydrogen-bond acceptors (Lipinski definition) is 4. The van der Waals surface area contributed by atoms with Crippen molar-refractivity contribution in [1.82, 2.24) is 5.32 Å². The van der Waals surface area contributed by atoms with Crippen molar-refractivity contribution in [2.24, 2.45) is 0 Å². The van der Waals surface area contributed by atoms with Crippen molar-refractivity contribution in [2.75, 3.05) is 13.7 Å². The number of carbonyl (C=O) groups is 1. The van der Waals surface area contributed by atoms with E-state index < -0.39 is 0 Å². The summed E-state index contributed by atoms with van der Waals surface area (Å²) in [5.41, 5.74) is 1.43. The minimum absolute atomic E-state index is 0.00528. The lowest BCUT2D eigenvalue weighted by Gasteiger charge is -2.12. The minimum atomic E-state index is -0.339. The van der Waals surface area contributed by atoms with Crippen LogP contribution in [0.15, 0.2) is 24.3 Å². The lowest BCUT2D eigenvalue weighted by atomic mass is 10.1. The number of esters is 1. The molecule has 4 nitrogen and oxygen atoms in total. The maximum Gasteiger partial charge on any atom is 0.338 e. The van der Waals surface area contributed by atoms with Gasteiger partial charge in [-0.1, -0.05) is 18.2 Å². The van der Waals surface area contributed by atoms with Gasteiger partial charge in [-0.3, -0.25) is 0 Å². The number of rotatable bonds is 5. The summed E-state index contributed by atoms with van der Waals surface area (Å²) < 4.78 is 4.69. The van der Waals surface area contributed by atoms with Gasteiger partial charge in [0.15, 0.2) is 0 Å². The molecule has 0 heterocycles. The largest absolute Gasteiger partial charge is 0.465 e. The minimum Gasteiger partial charge on any atom is -0.465 e. The highest BCUT2D eigenvalue weighted by Gasteiger charge is 2.10. The van der Waals surface area contributed by atoms with Gasteiger partial charge in [0.1, 0.15) is 0 Å². The van der Waals surface area contributed by atoms with E-state index in [1.807, 2.05) is 19.1 Å². The zero-order valence-electron chi connectivity index (χ0n) is 9.56. The second kappa shape index (κ2) is 6.25.